The molecule has 1 rings (SSSR count). The number of unbranched alkanes of at least 4 members (excludes halogenated alkanes) is 3. The molecule has 0 saturated heterocycles. The number of aliphatic carboxylic acids is 1. The molecular formula is C20H33ClO3. The molecule has 0 spiro atoms. The van der Waals surface area contributed by atoms with E-state index < -0.39 is 5.97 Å². The van der Waals surface area contributed by atoms with Crippen molar-refractivity contribution in [3.05, 3.63) is 24.8 Å². The molecule has 0 aromatic rings. The van der Waals surface area contributed by atoms with Gasteiger partial charge >= 0.3 is 5.97 Å². The van der Waals surface area contributed by atoms with E-state index in [4.69, 9.17) is 21.4 Å². The number of hydrogen-bond donors (Lipinski definition) is 1. The van der Waals surface area contributed by atoms with Crippen LogP contribution in [0.4, 0.5) is 0 Å². The second kappa shape index (κ2) is 13.5. The topological polar surface area (TPSA) is 46.5 Å². The van der Waals surface area contributed by atoms with Crippen LogP contribution in [-0.4, -0.2) is 30.2 Å². The third kappa shape index (κ3) is 9.48. The first-order valence-corrected chi connectivity index (χ1v) is 9.85. The standard InChI is InChI=1S/C20H33ClO3/c1-2-17(12-14-24-16-20(22)23)15-19-11-8-10-18(19)9-6-4-3-5-7-13-21/h2,6,9,17-19H,1,3-5,7-8,10-16H2,(H,22,23)/t17?,18-,19+/m0/s1. The monoisotopic (exact) mass is 356 g/mol. The normalized spacial score (nSPS) is 22.0. The van der Waals surface area contributed by atoms with Crippen molar-refractivity contribution in [3.8, 4) is 0 Å². The fourth-order valence-corrected chi connectivity index (χ4v) is 3.72. The molecule has 1 saturated carbocycles. The summed E-state index contributed by atoms with van der Waals surface area (Å²) in [5.74, 6) is 1.71. The Balaban J connectivity index is 2.28. The highest BCUT2D eigenvalue weighted by Crippen LogP contribution is 2.38. The molecule has 1 aliphatic carbocycles. The van der Waals surface area contributed by atoms with Crippen LogP contribution in [0.25, 0.3) is 0 Å². The van der Waals surface area contributed by atoms with E-state index in [1.807, 2.05) is 6.08 Å². The molecule has 0 amide bonds. The van der Waals surface area contributed by atoms with Crippen LogP contribution < -0.4 is 0 Å². The first-order chi connectivity index (χ1) is 11.7. The molecule has 1 N–H and O–H groups in total. The van der Waals surface area contributed by atoms with Gasteiger partial charge in [0.25, 0.3) is 0 Å². The molecule has 0 radical (unpaired) electrons. The van der Waals surface area contributed by atoms with Gasteiger partial charge in [-0.1, -0.05) is 31.1 Å². The molecule has 4 heteroatoms. The quantitative estimate of drug-likeness (QED) is 0.256. The van der Waals surface area contributed by atoms with Crippen molar-refractivity contribution in [2.24, 2.45) is 17.8 Å². The second-order valence-corrected chi connectivity index (χ2v) is 7.17. The number of allylic oxidation sites excluding steroid dienone is 3. The van der Waals surface area contributed by atoms with Gasteiger partial charge in [0.1, 0.15) is 6.61 Å². The van der Waals surface area contributed by atoms with Crippen LogP contribution in [0.5, 0.6) is 0 Å². The van der Waals surface area contributed by atoms with Crippen LogP contribution in [0.1, 0.15) is 57.8 Å². The third-order valence-electron chi connectivity index (χ3n) is 4.90. The third-order valence-corrected chi connectivity index (χ3v) is 5.17. The zero-order valence-corrected chi connectivity index (χ0v) is 15.6. The minimum absolute atomic E-state index is 0.206. The van der Waals surface area contributed by atoms with Gasteiger partial charge in [-0.15, -0.1) is 18.2 Å². The van der Waals surface area contributed by atoms with Crippen LogP contribution in [0.2, 0.25) is 0 Å². The van der Waals surface area contributed by atoms with E-state index in [1.165, 1.54) is 32.1 Å². The first-order valence-electron chi connectivity index (χ1n) is 9.32. The Bertz CT molecular complexity index is 381. The van der Waals surface area contributed by atoms with Crippen LogP contribution in [0, 0.1) is 17.8 Å². The number of ether oxygens (including phenoxy) is 1. The predicted octanol–water partition coefficient (Wildman–Crippen LogP) is 5.44. The summed E-state index contributed by atoms with van der Waals surface area (Å²) in [7, 11) is 0. The van der Waals surface area contributed by atoms with Crippen molar-refractivity contribution in [3.63, 3.8) is 0 Å². The van der Waals surface area contributed by atoms with Crippen molar-refractivity contribution < 1.29 is 14.6 Å². The second-order valence-electron chi connectivity index (χ2n) is 6.79. The molecule has 1 fully saturated rings. The lowest BCUT2D eigenvalue weighted by Crippen LogP contribution is -2.14. The molecule has 138 valence electrons. The van der Waals surface area contributed by atoms with Gasteiger partial charge in [0.05, 0.1) is 0 Å². The molecule has 0 aromatic carbocycles. The summed E-state index contributed by atoms with van der Waals surface area (Å²) in [6.45, 7) is 4.24. The van der Waals surface area contributed by atoms with Crippen LogP contribution in [-0.2, 0) is 9.53 Å². The van der Waals surface area contributed by atoms with Crippen molar-refractivity contribution in [2.75, 3.05) is 19.1 Å². The molecule has 1 aliphatic rings. The summed E-state index contributed by atoms with van der Waals surface area (Å²) in [6.07, 6.45) is 17.4. The summed E-state index contributed by atoms with van der Waals surface area (Å²) < 4.78 is 5.16. The summed E-state index contributed by atoms with van der Waals surface area (Å²) in [6, 6.07) is 0. The number of rotatable bonds is 14. The average Bonchev–Trinajstić information content (AvgIpc) is 3.00. The minimum atomic E-state index is -0.905. The maximum absolute atomic E-state index is 10.5. The van der Waals surface area contributed by atoms with Gasteiger partial charge in [0, 0.05) is 12.5 Å². The van der Waals surface area contributed by atoms with E-state index in [0.29, 0.717) is 18.4 Å². The molecule has 1 unspecified atom stereocenters. The van der Waals surface area contributed by atoms with Gasteiger partial charge in [-0.25, -0.2) is 4.79 Å². The highest BCUT2D eigenvalue weighted by atomic mass is 35.5. The van der Waals surface area contributed by atoms with E-state index in [0.717, 1.165) is 37.5 Å². The summed E-state index contributed by atoms with van der Waals surface area (Å²) in [5, 5.41) is 8.59. The zero-order valence-electron chi connectivity index (χ0n) is 14.8. The highest BCUT2D eigenvalue weighted by molar-refractivity contribution is 6.17. The Morgan fingerprint density at radius 3 is 2.88 bits per heavy atom. The van der Waals surface area contributed by atoms with Crippen molar-refractivity contribution in [1.29, 1.82) is 0 Å². The van der Waals surface area contributed by atoms with E-state index in [2.05, 4.69) is 18.7 Å². The fourth-order valence-electron chi connectivity index (χ4n) is 3.53. The van der Waals surface area contributed by atoms with Crippen molar-refractivity contribution >= 4 is 17.6 Å². The summed E-state index contributed by atoms with van der Waals surface area (Å²) in [5.41, 5.74) is 0. The fraction of sp³-hybridized carbons (Fsp3) is 0.750. The van der Waals surface area contributed by atoms with Crippen LogP contribution in [0.15, 0.2) is 24.8 Å². The van der Waals surface area contributed by atoms with Gasteiger partial charge in [0.15, 0.2) is 0 Å². The molecule has 0 bridgehead atoms. The van der Waals surface area contributed by atoms with Crippen molar-refractivity contribution in [1.82, 2.24) is 0 Å². The smallest absolute Gasteiger partial charge is 0.329 e. The van der Waals surface area contributed by atoms with E-state index in [9.17, 15) is 4.79 Å². The molecule has 0 heterocycles. The van der Waals surface area contributed by atoms with Crippen LogP contribution >= 0.6 is 11.6 Å². The number of carbonyl (C=O) groups is 1. The number of hydrogen-bond acceptors (Lipinski definition) is 2. The van der Waals surface area contributed by atoms with Gasteiger partial charge in [0.2, 0.25) is 0 Å². The van der Waals surface area contributed by atoms with Gasteiger partial charge in [-0.05, 0) is 62.7 Å². The number of alkyl halides is 1. The lowest BCUT2D eigenvalue weighted by molar-refractivity contribution is -0.142. The highest BCUT2D eigenvalue weighted by Gasteiger charge is 2.26. The maximum Gasteiger partial charge on any atom is 0.329 e. The lowest BCUT2D eigenvalue weighted by Gasteiger charge is -2.21. The van der Waals surface area contributed by atoms with Gasteiger partial charge in [-0.2, -0.15) is 0 Å². The Morgan fingerprint density at radius 1 is 1.33 bits per heavy atom. The first kappa shape index (κ1) is 21.2. The Morgan fingerprint density at radius 2 is 2.17 bits per heavy atom. The summed E-state index contributed by atoms with van der Waals surface area (Å²) in [4.78, 5) is 10.5. The van der Waals surface area contributed by atoms with E-state index in [1.54, 1.807) is 0 Å². The predicted molar refractivity (Wildman–Crippen MR) is 101 cm³/mol. The van der Waals surface area contributed by atoms with Crippen LogP contribution in [0.3, 0.4) is 0 Å². The number of carboxylic acids is 1. The lowest BCUT2D eigenvalue weighted by atomic mass is 9.85. The molecule has 24 heavy (non-hydrogen) atoms. The molecule has 0 aromatic heterocycles. The number of halogens is 1. The molecule has 0 aliphatic heterocycles. The summed E-state index contributed by atoms with van der Waals surface area (Å²) >= 11 is 5.70. The van der Waals surface area contributed by atoms with E-state index in [-0.39, 0.29) is 6.61 Å². The molecular weight excluding hydrogens is 324 g/mol. The zero-order chi connectivity index (χ0) is 17.6. The van der Waals surface area contributed by atoms with E-state index >= 15 is 0 Å². The molecule has 3 atom stereocenters. The SMILES string of the molecule is C=CC(CCOCC(=O)O)C[C@H]1CCC[C@@H]1C=CCCCCCCl. The largest absolute Gasteiger partial charge is 0.480 e. The number of carboxylic acid groups (broad SMARTS) is 1. The van der Waals surface area contributed by atoms with Crippen molar-refractivity contribution in [2.45, 2.75) is 57.8 Å². The Hall–Kier alpha value is -0.800. The minimum Gasteiger partial charge on any atom is -0.480 e. The Labute approximate surface area is 152 Å². The van der Waals surface area contributed by atoms with Gasteiger partial charge < -0.3 is 9.84 Å². The van der Waals surface area contributed by atoms with Gasteiger partial charge in [-0.3, -0.25) is 0 Å². The Kier molecular flexibility index (Phi) is 11.9. The maximum atomic E-state index is 10.5. The average molecular weight is 357 g/mol. The molecule has 3 nitrogen and oxygen atoms in total.